The maximum Gasteiger partial charge on any atom is 0.234 e. The fourth-order valence-corrected chi connectivity index (χ4v) is 2.94. The lowest BCUT2D eigenvalue weighted by molar-refractivity contribution is -0.183. The van der Waals surface area contributed by atoms with E-state index >= 15 is 0 Å². The summed E-state index contributed by atoms with van der Waals surface area (Å²) in [5, 5.41) is 11.2. The van der Waals surface area contributed by atoms with Crippen LogP contribution in [0.15, 0.2) is 0 Å². The highest BCUT2D eigenvalue weighted by Crippen LogP contribution is 2.36. The highest BCUT2D eigenvalue weighted by Gasteiger charge is 2.41. The Morgan fingerprint density at radius 1 is 1.40 bits per heavy atom. The van der Waals surface area contributed by atoms with Crippen LogP contribution in [0, 0.1) is 11.3 Å². The van der Waals surface area contributed by atoms with Crippen molar-refractivity contribution < 1.29 is 14.3 Å². The Kier molecular flexibility index (Phi) is 5.35. The lowest BCUT2D eigenvalue weighted by Crippen LogP contribution is -2.46. The van der Waals surface area contributed by atoms with Crippen LogP contribution in [0.4, 0.5) is 0 Å². The summed E-state index contributed by atoms with van der Waals surface area (Å²) in [5.41, 5.74) is 0. The third-order valence-corrected chi connectivity index (χ3v) is 4.11. The zero-order chi connectivity index (χ0) is 14.4. The quantitative estimate of drug-likeness (QED) is 0.748. The van der Waals surface area contributed by atoms with Crippen LogP contribution in [0.25, 0.3) is 0 Å². The molecule has 0 aromatic rings. The second-order valence-corrected chi connectivity index (χ2v) is 5.51. The van der Waals surface area contributed by atoms with Crippen LogP contribution in [0.3, 0.4) is 0 Å². The van der Waals surface area contributed by atoms with Gasteiger partial charge in [-0.05, 0) is 19.9 Å². The second-order valence-electron chi connectivity index (χ2n) is 5.51. The van der Waals surface area contributed by atoms with Crippen LogP contribution in [-0.2, 0) is 14.3 Å². The minimum Gasteiger partial charge on any atom is -0.354 e. The van der Waals surface area contributed by atoms with Gasteiger partial charge >= 0.3 is 0 Å². The monoisotopic (exact) mass is 281 g/mol. The van der Waals surface area contributed by atoms with Crippen LogP contribution < -0.4 is 5.32 Å². The number of hydrogen-bond donors (Lipinski definition) is 1. The van der Waals surface area contributed by atoms with Gasteiger partial charge in [-0.3, -0.25) is 9.69 Å². The van der Waals surface area contributed by atoms with Gasteiger partial charge in [0.25, 0.3) is 0 Å². The summed E-state index contributed by atoms with van der Waals surface area (Å²) in [7, 11) is 1.98. The molecule has 0 radical (unpaired) electrons. The number of hydrogen-bond acceptors (Lipinski definition) is 5. The van der Waals surface area contributed by atoms with Crippen molar-refractivity contribution in [1.29, 1.82) is 5.26 Å². The molecule has 1 amide bonds. The summed E-state index contributed by atoms with van der Waals surface area (Å²) in [6.45, 7) is 2.20. The SMILES string of the molecule is CN(CC(=O)NCCC#N)C1CCC2(CC1)OCCO2. The molecule has 1 aliphatic carbocycles. The summed E-state index contributed by atoms with van der Waals surface area (Å²) in [6.07, 6.45) is 4.14. The highest BCUT2D eigenvalue weighted by molar-refractivity contribution is 5.78. The standard InChI is InChI=1S/C14H23N3O3/c1-17(11-13(18)16-8-2-7-15)12-3-5-14(6-4-12)19-9-10-20-14/h12H,2-6,8-11H2,1H3,(H,16,18). The zero-order valence-corrected chi connectivity index (χ0v) is 12.1. The molecule has 2 aliphatic rings. The van der Waals surface area contributed by atoms with E-state index in [9.17, 15) is 4.79 Å². The van der Waals surface area contributed by atoms with E-state index in [-0.39, 0.29) is 11.7 Å². The number of rotatable bonds is 5. The van der Waals surface area contributed by atoms with Crippen LogP contribution >= 0.6 is 0 Å². The lowest BCUT2D eigenvalue weighted by Gasteiger charge is -2.38. The number of ether oxygens (including phenoxy) is 2. The average molecular weight is 281 g/mol. The Labute approximate surface area is 120 Å². The van der Waals surface area contributed by atoms with Crippen molar-refractivity contribution in [2.45, 2.75) is 43.9 Å². The van der Waals surface area contributed by atoms with Gasteiger partial charge in [0.1, 0.15) is 0 Å². The first-order valence-electron chi connectivity index (χ1n) is 7.27. The summed E-state index contributed by atoms with van der Waals surface area (Å²) in [6, 6.07) is 2.41. The summed E-state index contributed by atoms with van der Waals surface area (Å²) < 4.78 is 11.4. The van der Waals surface area contributed by atoms with Crippen molar-refractivity contribution in [2.75, 3.05) is 33.4 Å². The normalized spacial score (nSPS) is 22.1. The van der Waals surface area contributed by atoms with Crippen molar-refractivity contribution in [2.24, 2.45) is 0 Å². The second kappa shape index (κ2) is 7.02. The molecule has 6 heteroatoms. The van der Waals surface area contributed by atoms with Crippen LogP contribution in [0.1, 0.15) is 32.1 Å². The number of nitriles is 1. The summed E-state index contributed by atoms with van der Waals surface area (Å²) >= 11 is 0. The van der Waals surface area contributed by atoms with Crippen LogP contribution in [-0.4, -0.2) is 56.0 Å². The van der Waals surface area contributed by atoms with Crippen molar-refractivity contribution in [3.8, 4) is 6.07 Å². The van der Waals surface area contributed by atoms with Gasteiger partial charge in [-0.1, -0.05) is 0 Å². The minimum atomic E-state index is -0.341. The number of likely N-dealkylation sites (N-methyl/N-ethyl adjacent to an activating group) is 1. The summed E-state index contributed by atoms with van der Waals surface area (Å²) in [4.78, 5) is 13.8. The first-order chi connectivity index (χ1) is 9.65. The van der Waals surface area contributed by atoms with E-state index in [1.165, 1.54) is 0 Å². The molecule has 1 aliphatic heterocycles. The largest absolute Gasteiger partial charge is 0.354 e. The predicted molar refractivity (Wildman–Crippen MR) is 72.8 cm³/mol. The number of carbonyl (C=O) groups is 1. The molecular formula is C14H23N3O3. The Balaban J connectivity index is 1.70. The topological polar surface area (TPSA) is 74.6 Å². The molecule has 2 rings (SSSR count). The predicted octanol–water partition coefficient (Wildman–Crippen LogP) is 0.634. The maximum absolute atomic E-state index is 11.7. The molecule has 1 N–H and O–H groups in total. The van der Waals surface area contributed by atoms with Gasteiger partial charge < -0.3 is 14.8 Å². The molecule has 2 fully saturated rings. The van der Waals surface area contributed by atoms with E-state index in [1.807, 2.05) is 13.1 Å². The fraction of sp³-hybridized carbons (Fsp3) is 0.857. The molecule has 1 heterocycles. The van der Waals surface area contributed by atoms with Gasteiger partial charge in [0.15, 0.2) is 5.79 Å². The van der Waals surface area contributed by atoms with Gasteiger partial charge in [-0.15, -0.1) is 0 Å². The first kappa shape index (κ1) is 15.2. The lowest BCUT2D eigenvalue weighted by atomic mass is 9.89. The molecule has 1 spiro atoms. The third-order valence-electron chi connectivity index (χ3n) is 4.11. The molecule has 0 atom stereocenters. The Bertz CT molecular complexity index is 364. The molecule has 112 valence electrons. The van der Waals surface area contributed by atoms with E-state index in [0.29, 0.717) is 38.8 Å². The van der Waals surface area contributed by atoms with E-state index in [2.05, 4.69) is 10.2 Å². The van der Waals surface area contributed by atoms with Gasteiger partial charge in [-0.2, -0.15) is 5.26 Å². The van der Waals surface area contributed by atoms with Crippen molar-refractivity contribution >= 4 is 5.91 Å². The molecule has 1 saturated heterocycles. The number of carbonyl (C=O) groups excluding carboxylic acids is 1. The molecular weight excluding hydrogens is 258 g/mol. The number of nitrogens with one attached hydrogen (secondary N) is 1. The van der Waals surface area contributed by atoms with Crippen LogP contribution in [0.2, 0.25) is 0 Å². The zero-order valence-electron chi connectivity index (χ0n) is 12.1. The van der Waals surface area contributed by atoms with Gasteiger partial charge in [0, 0.05) is 25.4 Å². The molecule has 20 heavy (non-hydrogen) atoms. The Hall–Kier alpha value is -1.16. The van der Waals surface area contributed by atoms with E-state index in [1.54, 1.807) is 0 Å². The molecule has 6 nitrogen and oxygen atoms in total. The Morgan fingerprint density at radius 2 is 2.05 bits per heavy atom. The smallest absolute Gasteiger partial charge is 0.234 e. The van der Waals surface area contributed by atoms with Gasteiger partial charge in [0.05, 0.1) is 32.2 Å². The third kappa shape index (κ3) is 3.92. The Morgan fingerprint density at radius 3 is 2.65 bits per heavy atom. The molecule has 1 saturated carbocycles. The maximum atomic E-state index is 11.7. The summed E-state index contributed by atoms with van der Waals surface area (Å²) in [5.74, 6) is -0.358. The van der Waals surface area contributed by atoms with E-state index in [4.69, 9.17) is 14.7 Å². The minimum absolute atomic E-state index is 0.0172. The fourth-order valence-electron chi connectivity index (χ4n) is 2.94. The average Bonchev–Trinajstić information content (AvgIpc) is 2.88. The molecule has 0 aromatic carbocycles. The molecule has 0 unspecified atom stereocenters. The van der Waals surface area contributed by atoms with E-state index in [0.717, 1.165) is 25.7 Å². The van der Waals surface area contributed by atoms with Gasteiger partial charge in [-0.25, -0.2) is 0 Å². The number of nitrogens with zero attached hydrogens (tertiary/aromatic N) is 2. The van der Waals surface area contributed by atoms with E-state index < -0.39 is 0 Å². The van der Waals surface area contributed by atoms with Gasteiger partial charge in [0.2, 0.25) is 5.91 Å². The highest BCUT2D eigenvalue weighted by atomic mass is 16.7. The molecule has 0 bridgehead atoms. The van der Waals surface area contributed by atoms with Crippen molar-refractivity contribution in [3.63, 3.8) is 0 Å². The van der Waals surface area contributed by atoms with Crippen LogP contribution in [0.5, 0.6) is 0 Å². The van der Waals surface area contributed by atoms with Crippen molar-refractivity contribution in [1.82, 2.24) is 10.2 Å². The van der Waals surface area contributed by atoms with Crippen molar-refractivity contribution in [3.05, 3.63) is 0 Å². The number of amides is 1. The molecule has 0 aromatic heterocycles. The first-order valence-corrected chi connectivity index (χ1v) is 7.27.